The van der Waals surface area contributed by atoms with E-state index in [2.05, 4.69) is 0 Å². The monoisotopic (exact) mass is 275 g/mol. The first-order chi connectivity index (χ1) is 9.58. The number of ether oxygens (including phenoxy) is 2. The number of aryl methyl sites for hydroxylation is 1. The molecule has 2 aromatic rings. The molecule has 2 N–H and O–H groups in total. The van der Waals surface area contributed by atoms with Gasteiger partial charge in [-0.05, 0) is 53.4 Å². The van der Waals surface area contributed by atoms with Crippen LogP contribution >= 0.6 is 0 Å². The third-order valence-corrected chi connectivity index (χ3v) is 3.18. The molecule has 0 fully saturated rings. The molecule has 0 aromatic heterocycles. The Morgan fingerprint density at radius 2 is 1.65 bits per heavy atom. The fourth-order valence-corrected chi connectivity index (χ4v) is 2.25. The maximum absolute atomic E-state index is 13.6. The highest BCUT2D eigenvalue weighted by atomic mass is 19.1. The van der Waals surface area contributed by atoms with Crippen molar-refractivity contribution in [2.45, 2.75) is 13.5 Å². The van der Waals surface area contributed by atoms with Crippen molar-refractivity contribution in [2.75, 3.05) is 14.2 Å². The summed E-state index contributed by atoms with van der Waals surface area (Å²) in [6.45, 7) is 2.20. The number of benzene rings is 2. The number of methoxy groups -OCH3 is 2. The van der Waals surface area contributed by atoms with Crippen molar-refractivity contribution < 1.29 is 13.9 Å². The van der Waals surface area contributed by atoms with E-state index in [0.29, 0.717) is 18.0 Å². The molecule has 0 aliphatic carbocycles. The molecule has 2 aromatic carbocycles. The van der Waals surface area contributed by atoms with E-state index in [9.17, 15) is 4.39 Å². The highest BCUT2D eigenvalue weighted by Gasteiger charge is 2.12. The Morgan fingerprint density at radius 1 is 1.00 bits per heavy atom. The topological polar surface area (TPSA) is 44.5 Å². The number of halogens is 1. The Balaban J connectivity index is 2.65. The fraction of sp³-hybridized carbons (Fsp3) is 0.250. The molecule has 20 heavy (non-hydrogen) atoms. The van der Waals surface area contributed by atoms with Gasteiger partial charge in [-0.1, -0.05) is 6.07 Å². The summed E-state index contributed by atoms with van der Waals surface area (Å²) in [4.78, 5) is 0. The van der Waals surface area contributed by atoms with Crippen LogP contribution in [0.2, 0.25) is 0 Å². The highest BCUT2D eigenvalue weighted by molar-refractivity contribution is 5.72. The van der Waals surface area contributed by atoms with Gasteiger partial charge in [0.05, 0.1) is 14.2 Å². The molecule has 0 radical (unpaired) electrons. The number of rotatable bonds is 4. The Bertz CT molecular complexity index is 606. The van der Waals surface area contributed by atoms with Crippen LogP contribution in [0, 0.1) is 12.7 Å². The first-order valence-corrected chi connectivity index (χ1v) is 6.31. The normalized spacial score (nSPS) is 10.4. The van der Waals surface area contributed by atoms with Crippen molar-refractivity contribution in [3.05, 3.63) is 47.3 Å². The second kappa shape index (κ2) is 5.92. The third kappa shape index (κ3) is 2.75. The smallest absolute Gasteiger partial charge is 0.161 e. The van der Waals surface area contributed by atoms with E-state index in [-0.39, 0.29) is 5.82 Å². The zero-order valence-electron chi connectivity index (χ0n) is 11.9. The maximum atomic E-state index is 13.6. The zero-order chi connectivity index (χ0) is 14.7. The van der Waals surface area contributed by atoms with Crippen LogP contribution in [-0.2, 0) is 6.54 Å². The van der Waals surface area contributed by atoms with Gasteiger partial charge in [0.2, 0.25) is 0 Å². The van der Waals surface area contributed by atoms with Crippen LogP contribution in [0.4, 0.5) is 4.39 Å². The third-order valence-electron chi connectivity index (χ3n) is 3.18. The summed E-state index contributed by atoms with van der Waals surface area (Å²) in [5.41, 5.74) is 9.17. The molecule has 0 amide bonds. The lowest BCUT2D eigenvalue weighted by Crippen LogP contribution is -2.02. The predicted octanol–water partition coefficient (Wildman–Crippen LogP) is 3.28. The molecule has 0 unspecified atom stereocenters. The first-order valence-electron chi connectivity index (χ1n) is 6.31. The Labute approximate surface area is 118 Å². The van der Waals surface area contributed by atoms with E-state index in [4.69, 9.17) is 15.2 Å². The van der Waals surface area contributed by atoms with Crippen LogP contribution < -0.4 is 15.2 Å². The van der Waals surface area contributed by atoms with Gasteiger partial charge in [0.1, 0.15) is 5.82 Å². The largest absolute Gasteiger partial charge is 0.493 e. The number of hydrogen-bond donors (Lipinski definition) is 1. The Kier molecular flexibility index (Phi) is 4.25. The standard InChI is InChI=1S/C16H18FNO2/c1-10-4-11(6-13(17)5-10)14-8-16(20-3)15(19-2)7-12(14)9-18/h4-8H,9,18H2,1-3H3. The van der Waals surface area contributed by atoms with Crippen molar-refractivity contribution in [1.82, 2.24) is 0 Å². The van der Waals surface area contributed by atoms with Crippen molar-refractivity contribution >= 4 is 0 Å². The van der Waals surface area contributed by atoms with Gasteiger partial charge < -0.3 is 15.2 Å². The van der Waals surface area contributed by atoms with Gasteiger partial charge in [-0.15, -0.1) is 0 Å². The van der Waals surface area contributed by atoms with Gasteiger partial charge in [-0.2, -0.15) is 0 Å². The van der Waals surface area contributed by atoms with Crippen LogP contribution in [0.15, 0.2) is 30.3 Å². The van der Waals surface area contributed by atoms with E-state index in [1.807, 2.05) is 25.1 Å². The summed E-state index contributed by atoms with van der Waals surface area (Å²) in [5.74, 6) is 0.948. The maximum Gasteiger partial charge on any atom is 0.161 e. The van der Waals surface area contributed by atoms with E-state index in [0.717, 1.165) is 22.3 Å². The highest BCUT2D eigenvalue weighted by Crippen LogP contribution is 2.36. The fourth-order valence-electron chi connectivity index (χ4n) is 2.25. The molecule has 0 aliphatic heterocycles. The average molecular weight is 275 g/mol. The summed E-state index contributed by atoms with van der Waals surface area (Å²) in [7, 11) is 3.14. The molecule has 2 rings (SSSR count). The van der Waals surface area contributed by atoms with Crippen LogP contribution in [0.25, 0.3) is 11.1 Å². The summed E-state index contributed by atoms with van der Waals surface area (Å²) >= 11 is 0. The van der Waals surface area contributed by atoms with Gasteiger partial charge in [-0.25, -0.2) is 4.39 Å². The molecule has 106 valence electrons. The average Bonchev–Trinajstić information content (AvgIpc) is 2.44. The lowest BCUT2D eigenvalue weighted by molar-refractivity contribution is 0.354. The van der Waals surface area contributed by atoms with Gasteiger partial charge >= 0.3 is 0 Å². The molecular weight excluding hydrogens is 257 g/mol. The van der Waals surface area contributed by atoms with Crippen LogP contribution in [0.1, 0.15) is 11.1 Å². The molecular formula is C16H18FNO2. The summed E-state index contributed by atoms with van der Waals surface area (Å²) < 4.78 is 24.2. The molecule has 0 bridgehead atoms. The van der Waals surface area contributed by atoms with Crippen LogP contribution in [-0.4, -0.2) is 14.2 Å². The molecule has 0 spiro atoms. The Hall–Kier alpha value is -2.07. The van der Waals surface area contributed by atoms with E-state index in [1.54, 1.807) is 14.2 Å². The minimum atomic E-state index is -0.266. The van der Waals surface area contributed by atoms with Crippen molar-refractivity contribution in [3.63, 3.8) is 0 Å². The van der Waals surface area contributed by atoms with Crippen molar-refractivity contribution in [2.24, 2.45) is 5.73 Å². The summed E-state index contributed by atoms with van der Waals surface area (Å²) in [6, 6.07) is 8.56. The Morgan fingerprint density at radius 3 is 2.20 bits per heavy atom. The van der Waals surface area contributed by atoms with E-state index < -0.39 is 0 Å². The molecule has 3 nitrogen and oxygen atoms in total. The van der Waals surface area contributed by atoms with Gasteiger partial charge in [0.25, 0.3) is 0 Å². The molecule has 0 heterocycles. The molecule has 0 saturated heterocycles. The van der Waals surface area contributed by atoms with E-state index >= 15 is 0 Å². The first kappa shape index (κ1) is 14.3. The van der Waals surface area contributed by atoms with Gasteiger partial charge in [0.15, 0.2) is 11.5 Å². The van der Waals surface area contributed by atoms with Gasteiger partial charge in [0, 0.05) is 6.54 Å². The number of nitrogens with two attached hydrogens (primary N) is 1. The van der Waals surface area contributed by atoms with Gasteiger partial charge in [-0.3, -0.25) is 0 Å². The molecule has 0 aliphatic rings. The van der Waals surface area contributed by atoms with Crippen molar-refractivity contribution in [1.29, 1.82) is 0 Å². The quantitative estimate of drug-likeness (QED) is 0.931. The molecule has 0 atom stereocenters. The minimum Gasteiger partial charge on any atom is -0.493 e. The van der Waals surface area contributed by atoms with Crippen LogP contribution in [0.3, 0.4) is 0 Å². The second-order valence-electron chi connectivity index (χ2n) is 4.59. The molecule has 4 heteroatoms. The second-order valence-corrected chi connectivity index (χ2v) is 4.59. The lowest BCUT2D eigenvalue weighted by Gasteiger charge is -2.14. The summed E-state index contributed by atoms with van der Waals surface area (Å²) in [6.07, 6.45) is 0. The van der Waals surface area contributed by atoms with Crippen molar-refractivity contribution in [3.8, 4) is 22.6 Å². The van der Waals surface area contributed by atoms with Crippen LogP contribution in [0.5, 0.6) is 11.5 Å². The minimum absolute atomic E-state index is 0.266. The SMILES string of the molecule is COc1cc(CN)c(-c2cc(C)cc(F)c2)cc1OC. The number of hydrogen-bond acceptors (Lipinski definition) is 3. The predicted molar refractivity (Wildman–Crippen MR) is 77.6 cm³/mol. The summed E-state index contributed by atoms with van der Waals surface area (Å²) in [5, 5.41) is 0. The lowest BCUT2D eigenvalue weighted by atomic mass is 9.97. The zero-order valence-corrected chi connectivity index (χ0v) is 11.9. The van der Waals surface area contributed by atoms with E-state index in [1.165, 1.54) is 12.1 Å². The molecule has 0 saturated carbocycles.